The van der Waals surface area contributed by atoms with Gasteiger partial charge in [-0.15, -0.1) is 0 Å². The summed E-state index contributed by atoms with van der Waals surface area (Å²) in [5, 5.41) is 7.24. The zero-order chi connectivity index (χ0) is 13.0. The van der Waals surface area contributed by atoms with Crippen molar-refractivity contribution < 1.29 is 9.59 Å². The molecule has 0 spiro atoms. The molecule has 2 aliphatic rings. The van der Waals surface area contributed by atoms with Crippen molar-refractivity contribution in [2.24, 2.45) is 5.10 Å². The number of carbonyl (C=O) groups excluding carboxylic acids is 2. The van der Waals surface area contributed by atoms with Gasteiger partial charge < -0.3 is 10.2 Å². The lowest BCUT2D eigenvalue weighted by atomic mass is 10.0. The van der Waals surface area contributed by atoms with Crippen LogP contribution in [0.1, 0.15) is 32.1 Å². The fourth-order valence-electron chi connectivity index (χ4n) is 2.34. The molecular weight excluding hydrogens is 232 g/mol. The summed E-state index contributed by atoms with van der Waals surface area (Å²) >= 11 is 0. The molecule has 2 rings (SSSR count). The highest BCUT2D eigenvalue weighted by atomic mass is 16.2. The minimum absolute atomic E-state index is 0.0811. The second kappa shape index (κ2) is 5.95. The van der Waals surface area contributed by atoms with Gasteiger partial charge in [0.05, 0.1) is 0 Å². The standard InChI is InChI=1S/C12H20N4O2/c1-16(8-9-4-2-3-7-13-9)12(18)10-5-6-11(17)15-14-10/h9,13H,2-8H2,1H3,(H,15,17). The molecule has 0 aliphatic carbocycles. The lowest BCUT2D eigenvalue weighted by molar-refractivity contribution is -0.123. The molecule has 6 nitrogen and oxygen atoms in total. The molecule has 2 N–H and O–H groups in total. The first-order valence-corrected chi connectivity index (χ1v) is 6.51. The molecule has 0 aromatic carbocycles. The summed E-state index contributed by atoms with van der Waals surface area (Å²) < 4.78 is 0. The van der Waals surface area contributed by atoms with E-state index in [0.717, 1.165) is 13.0 Å². The van der Waals surface area contributed by atoms with Gasteiger partial charge in [0.2, 0.25) is 5.91 Å². The van der Waals surface area contributed by atoms with E-state index in [-0.39, 0.29) is 11.8 Å². The third kappa shape index (κ3) is 3.29. The molecule has 18 heavy (non-hydrogen) atoms. The summed E-state index contributed by atoms with van der Waals surface area (Å²) in [6.07, 6.45) is 4.33. The Balaban J connectivity index is 1.86. The number of carbonyl (C=O) groups is 2. The largest absolute Gasteiger partial charge is 0.339 e. The van der Waals surface area contributed by atoms with Crippen molar-refractivity contribution in [3.63, 3.8) is 0 Å². The summed E-state index contributed by atoms with van der Waals surface area (Å²) in [4.78, 5) is 24.8. The van der Waals surface area contributed by atoms with E-state index in [1.165, 1.54) is 12.8 Å². The molecule has 0 aromatic heterocycles. The molecule has 0 aromatic rings. The predicted molar refractivity (Wildman–Crippen MR) is 68.1 cm³/mol. The first-order valence-electron chi connectivity index (χ1n) is 6.51. The fourth-order valence-corrected chi connectivity index (χ4v) is 2.34. The normalized spacial score (nSPS) is 24.2. The highest BCUT2D eigenvalue weighted by Crippen LogP contribution is 2.09. The molecule has 0 radical (unpaired) electrons. The topological polar surface area (TPSA) is 73.8 Å². The van der Waals surface area contributed by atoms with Crippen LogP contribution < -0.4 is 10.7 Å². The Morgan fingerprint density at radius 1 is 1.44 bits per heavy atom. The van der Waals surface area contributed by atoms with Crippen LogP contribution in [0, 0.1) is 0 Å². The van der Waals surface area contributed by atoms with Crippen molar-refractivity contribution in [3.8, 4) is 0 Å². The van der Waals surface area contributed by atoms with Gasteiger partial charge in [0, 0.05) is 32.5 Å². The first kappa shape index (κ1) is 13.0. The summed E-state index contributed by atoms with van der Waals surface area (Å²) in [6, 6.07) is 0.381. The van der Waals surface area contributed by atoms with E-state index in [1.54, 1.807) is 11.9 Å². The second-order valence-corrected chi connectivity index (χ2v) is 4.93. The molecule has 1 saturated heterocycles. The summed E-state index contributed by atoms with van der Waals surface area (Å²) in [5.74, 6) is -0.203. The Hall–Kier alpha value is -1.43. The zero-order valence-corrected chi connectivity index (χ0v) is 10.7. The molecule has 2 aliphatic heterocycles. The number of nitrogens with one attached hydrogen (secondary N) is 2. The number of nitrogens with zero attached hydrogens (tertiary/aromatic N) is 2. The summed E-state index contributed by atoms with van der Waals surface area (Å²) in [6.45, 7) is 1.73. The van der Waals surface area contributed by atoms with Crippen LogP contribution in [0.5, 0.6) is 0 Å². The Morgan fingerprint density at radius 2 is 2.28 bits per heavy atom. The molecule has 0 saturated carbocycles. The Morgan fingerprint density at radius 3 is 2.89 bits per heavy atom. The fraction of sp³-hybridized carbons (Fsp3) is 0.750. The average Bonchev–Trinajstić information content (AvgIpc) is 2.40. The van der Waals surface area contributed by atoms with Crippen molar-refractivity contribution in [1.29, 1.82) is 0 Å². The average molecular weight is 252 g/mol. The van der Waals surface area contributed by atoms with Gasteiger partial charge in [-0.2, -0.15) is 5.10 Å². The number of amides is 2. The SMILES string of the molecule is CN(CC1CCCCN1)C(=O)C1=NNC(=O)CC1. The van der Waals surface area contributed by atoms with Crippen molar-refractivity contribution in [3.05, 3.63) is 0 Å². The van der Waals surface area contributed by atoms with Gasteiger partial charge >= 0.3 is 0 Å². The zero-order valence-electron chi connectivity index (χ0n) is 10.7. The highest BCUT2D eigenvalue weighted by molar-refractivity contribution is 6.39. The van der Waals surface area contributed by atoms with E-state index in [0.29, 0.717) is 31.1 Å². The number of likely N-dealkylation sites (N-methyl/N-ethyl adjacent to an activating group) is 1. The van der Waals surface area contributed by atoms with Crippen LogP contribution in [0.15, 0.2) is 5.10 Å². The van der Waals surface area contributed by atoms with Crippen LogP contribution in [0.3, 0.4) is 0 Å². The molecule has 2 heterocycles. The second-order valence-electron chi connectivity index (χ2n) is 4.93. The van der Waals surface area contributed by atoms with Crippen molar-refractivity contribution in [2.75, 3.05) is 20.1 Å². The first-order chi connectivity index (χ1) is 8.66. The van der Waals surface area contributed by atoms with E-state index >= 15 is 0 Å². The number of hydrogen-bond acceptors (Lipinski definition) is 4. The van der Waals surface area contributed by atoms with Gasteiger partial charge in [-0.1, -0.05) is 6.42 Å². The molecule has 1 fully saturated rings. The van der Waals surface area contributed by atoms with E-state index in [2.05, 4.69) is 15.8 Å². The van der Waals surface area contributed by atoms with Crippen LogP contribution in [0.4, 0.5) is 0 Å². The number of rotatable bonds is 3. The molecule has 6 heteroatoms. The lowest BCUT2D eigenvalue weighted by Gasteiger charge is -2.28. The maximum atomic E-state index is 12.1. The predicted octanol–water partition coefficient (Wildman–Crippen LogP) is -0.147. The molecule has 100 valence electrons. The molecule has 1 unspecified atom stereocenters. The van der Waals surface area contributed by atoms with Gasteiger partial charge in [-0.05, 0) is 19.4 Å². The lowest BCUT2D eigenvalue weighted by Crippen LogP contribution is -2.46. The Kier molecular flexibility index (Phi) is 4.30. The van der Waals surface area contributed by atoms with Gasteiger partial charge in [-0.25, -0.2) is 5.43 Å². The number of hydrazone groups is 1. The Bertz CT molecular complexity index is 361. The van der Waals surface area contributed by atoms with Crippen LogP contribution in [-0.2, 0) is 9.59 Å². The van der Waals surface area contributed by atoms with Crippen molar-refractivity contribution in [2.45, 2.75) is 38.1 Å². The number of piperidine rings is 1. The van der Waals surface area contributed by atoms with Gasteiger partial charge in [-0.3, -0.25) is 9.59 Å². The van der Waals surface area contributed by atoms with Gasteiger partial charge in [0.25, 0.3) is 5.91 Å². The third-order valence-electron chi connectivity index (χ3n) is 3.40. The van der Waals surface area contributed by atoms with Crippen LogP contribution in [0.25, 0.3) is 0 Å². The quantitative estimate of drug-likeness (QED) is 0.734. The highest BCUT2D eigenvalue weighted by Gasteiger charge is 2.23. The van der Waals surface area contributed by atoms with Crippen molar-refractivity contribution >= 4 is 17.5 Å². The van der Waals surface area contributed by atoms with E-state index in [9.17, 15) is 9.59 Å². The van der Waals surface area contributed by atoms with Crippen LogP contribution >= 0.6 is 0 Å². The maximum absolute atomic E-state index is 12.1. The molecular formula is C12H20N4O2. The third-order valence-corrected chi connectivity index (χ3v) is 3.40. The maximum Gasteiger partial charge on any atom is 0.269 e. The van der Waals surface area contributed by atoms with E-state index < -0.39 is 0 Å². The smallest absolute Gasteiger partial charge is 0.269 e. The van der Waals surface area contributed by atoms with E-state index in [4.69, 9.17) is 0 Å². The molecule has 1 atom stereocenters. The van der Waals surface area contributed by atoms with Gasteiger partial charge in [0.1, 0.15) is 5.71 Å². The van der Waals surface area contributed by atoms with E-state index in [1.807, 2.05) is 0 Å². The Labute approximate surface area is 107 Å². The minimum Gasteiger partial charge on any atom is -0.339 e. The molecule has 0 bridgehead atoms. The van der Waals surface area contributed by atoms with Crippen molar-refractivity contribution in [1.82, 2.24) is 15.6 Å². The van der Waals surface area contributed by atoms with Gasteiger partial charge in [0.15, 0.2) is 0 Å². The minimum atomic E-state index is -0.122. The van der Waals surface area contributed by atoms with Crippen LogP contribution in [0.2, 0.25) is 0 Å². The summed E-state index contributed by atoms with van der Waals surface area (Å²) in [5.41, 5.74) is 2.81. The summed E-state index contributed by atoms with van der Waals surface area (Å²) in [7, 11) is 1.79. The molecule has 2 amide bonds. The number of hydrogen-bond donors (Lipinski definition) is 2. The van der Waals surface area contributed by atoms with Crippen LogP contribution in [-0.4, -0.2) is 48.6 Å². The monoisotopic (exact) mass is 252 g/mol.